The summed E-state index contributed by atoms with van der Waals surface area (Å²) < 4.78 is 24.1. The topological polar surface area (TPSA) is 86.2 Å². The third-order valence-corrected chi connectivity index (χ3v) is 5.11. The molecule has 0 amide bonds. The molecule has 23 heavy (non-hydrogen) atoms. The van der Waals surface area contributed by atoms with Crippen LogP contribution >= 0.6 is 24.0 Å². The fourth-order valence-electron chi connectivity index (χ4n) is 2.68. The first kappa shape index (κ1) is 20.2. The van der Waals surface area contributed by atoms with Gasteiger partial charge in [0.15, 0.2) is 0 Å². The van der Waals surface area contributed by atoms with Gasteiger partial charge in [-0.2, -0.15) is 0 Å². The molecule has 4 N–H and O–H groups in total. The highest BCUT2D eigenvalue weighted by molar-refractivity contribution is 7.89. The van der Waals surface area contributed by atoms with Crippen molar-refractivity contribution in [2.24, 2.45) is 10.9 Å². The molecular formula is C16H22Cl2N2O2S. The maximum absolute atomic E-state index is 12.0. The van der Waals surface area contributed by atoms with Crippen LogP contribution in [0.2, 0.25) is 5.02 Å². The Labute approximate surface area is 148 Å². The molecule has 2 rings (SSSR count). The van der Waals surface area contributed by atoms with E-state index in [0.717, 1.165) is 31.2 Å². The van der Waals surface area contributed by atoms with E-state index in [2.05, 4.69) is 0 Å². The standard InChI is InChI=1S/C16H21ClN2O2S.ClH/c17-15-8-5-7-14-13(15)10-9-12(16(14)22(19,20)21)6-3-1-2-4-11-18;/h5,7-10H,1-4,6,11,18H2,(H2,19,20,21);1H. The van der Waals surface area contributed by atoms with Crippen LogP contribution in [0.1, 0.15) is 31.2 Å². The Hall–Kier alpha value is -0.850. The van der Waals surface area contributed by atoms with Crippen LogP contribution < -0.4 is 10.9 Å². The summed E-state index contributed by atoms with van der Waals surface area (Å²) in [5, 5.41) is 7.26. The fourth-order valence-corrected chi connectivity index (χ4v) is 3.94. The minimum absolute atomic E-state index is 0. The van der Waals surface area contributed by atoms with Crippen molar-refractivity contribution in [3.05, 3.63) is 40.9 Å². The van der Waals surface area contributed by atoms with Crippen LogP contribution in [0.15, 0.2) is 35.2 Å². The third kappa shape index (κ3) is 5.06. The van der Waals surface area contributed by atoms with Crippen LogP contribution in [0, 0.1) is 0 Å². The zero-order chi connectivity index (χ0) is 16.2. The molecular weight excluding hydrogens is 355 g/mol. The van der Waals surface area contributed by atoms with Crippen molar-refractivity contribution in [1.29, 1.82) is 0 Å². The summed E-state index contributed by atoms with van der Waals surface area (Å²) in [6.07, 6.45) is 4.66. The molecule has 0 saturated carbocycles. The lowest BCUT2D eigenvalue weighted by molar-refractivity contribution is 0.596. The monoisotopic (exact) mass is 376 g/mol. The number of fused-ring (bicyclic) bond motifs is 1. The molecule has 2 aromatic rings. The predicted molar refractivity (Wildman–Crippen MR) is 98.8 cm³/mol. The number of nitrogens with two attached hydrogens (primary N) is 2. The number of primary sulfonamides is 1. The molecule has 0 aliphatic rings. The minimum atomic E-state index is -3.80. The first-order chi connectivity index (χ1) is 10.4. The average Bonchev–Trinajstić information content (AvgIpc) is 2.45. The van der Waals surface area contributed by atoms with E-state index in [0.29, 0.717) is 28.8 Å². The number of hydrogen-bond donors (Lipinski definition) is 2. The molecule has 0 radical (unpaired) electrons. The highest BCUT2D eigenvalue weighted by Gasteiger charge is 2.18. The van der Waals surface area contributed by atoms with E-state index < -0.39 is 10.0 Å². The molecule has 0 bridgehead atoms. The van der Waals surface area contributed by atoms with Crippen molar-refractivity contribution in [2.45, 2.75) is 37.0 Å². The second-order valence-corrected chi connectivity index (χ2v) is 7.29. The largest absolute Gasteiger partial charge is 0.330 e. The number of rotatable bonds is 7. The third-order valence-electron chi connectivity index (χ3n) is 3.73. The van der Waals surface area contributed by atoms with Gasteiger partial charge < -0.3 is 5.73 Å². The molecule has 128 valence electrons. The molecule has 0 unspecified atom stereocenters. The maximum atomic E-state index is 12.0. The normalized spacial score (nSPS) is 11.4. The molecule has 0 fully saturated rings. The Morgan fingerprint density at radius 3 is 2.30 bits per heavy atom. The molecule has 0 atom stereocenters. The zero-order valence-corrected chi connectivity index (χ0v) is 15.2. The van der Waals surface area contributed by atoms with Crippen LogP contribution in [0.3, 0.4) is 0 Å². The molecule has 0 aliphatic carbocycles. The van der Waals surface area contributed by atoms with Gasteiger partial charge in [0, 0.05) is 15.8 Å². The Balaban J connectivity index is 0.00000264. The molecule has 0 aromatic heterocycles. The second kappa shape index (κ2) is 8.85. The Bertz CT molecular complexity index is 764. The van der Waals surface area contributed by atoms with Gasteiger partial charge in [-0.05, 0) is 37.4 Å². The molecule has 4 nitrogen and oxygen atoms in total. The zero-order valence-electron chi connectivity index (χ0n) is 12.8. The van der Waals surface area contributed by atoms with Crippen molar-refractivity contribution in [2.75, 3.05) is 6.54 Å². The Morgan fingerprint density at radius 2 is 1.65 bits per heavy atom. The minimum Gasteiger partial charge on any atom is -0.330 e. The fraction of sp³-hybridized carbons (Fsp3) is 0.375. The van der Waals surface area contributed by atoms with E-state index in [1.807, 2.05) is 12.1 Å². The van der Waals surface area contributed by atoms with E-state index in [1.54, 1.807) is 18.2 Å². The smallest absolute Gasteiger partial charge is 0.238 e. The van der Waals surface area contributed by atoms with Gasteiger partial charge in [-0.1, -0.05) is 48.7 Å². The van der Waals surface area contributed by atoms with Crippen molar-refractivity contribution in [3.8, 4) is 0 Å². The van der Waals surface area contributed by atoms with Gasteiger partial charge in [0.25, 0.3) is 0 Å². The van der Waals surface area contributed by atoms with Crippen molar-refractivity contribution in [1.82, 2.24) is 0 Å². The van der Waals surface area contributed by atoms with Gasteiger partial charge in [0.05, 0.1) is 4.90 Å². The van der Waals surface area contributed by atoms with Crippen LogP contribution in [0.25, 0.3) is 10.8 Å². The molecule has 0 saturated heterocycles. The highest BCUT2D eigenvalue weighted by Crippen LogP contribution is 2.31. The lowest BCUT2D eigenvalue weighted by Gasteiger charge is -2.12. The summed E-state index contributed by atoms with van der Waals surface area (Å²) in [5.41, 5.74) is 6.23. The highest BCUT2D eigenvalue weighted by atomic mass is 35.5. The van der Waals surface area contributed by atoms with Crippen LogP contribution in [-0.4, -0.2) is 15.0 Å². The number of benzene rings is 2. The van der Waals surface area contributed by atoms with E-state index in [1.165, 1.54) is 0 Å². The summed E-state index contributed by atoms with van der Waals surface area (Å²) in [7, 11) is -3.80. The van der Waals surface area contributed by atoms with Crippen molar-refractivity contribution < 1.29 is 8.42 Å². The Morgan fingerprint density at radius 1 is 0.957 bits per heavy atom. The summed E-state index contributed by atoms with van der Waals surface area (Å²) in [6.45, 7) is 0.691. The van der Waals surface area contributed by atoms with Crippen LogP contribution in [0.5, 0.6) is 0 Å². The van der Waals surface area contributed by atoms with Crippen LogP contribution in [-0.2, 0) is 16.4 Å². The summed E-state index contributed by atoms with van der Waals surface area (Å²) in [6, 6.07) is 8.91. The second-order valence-electron chi connectivity index (χ2n) is 5.39. The molecule has 0 aliphatic heterocycles. The Kier molecular flexibility index (Phi) is 7.77. The van der Waals surface area contributed by atoms with Gasteiger partial charge in [-0.15, -0.1) is 12.4 Å². The number of halogens is 2. The maximum Gasteiger partial charge on any atom is 0.238 e. The number of unbranched alkanes of at least 4 members (excludes halogenated alkanes) is 3. The number of sulfonamides is 1. The van der Waals surface area contributed by atoms with Gasteiger partial charge in [-0.3, -0.25) is 0 Å². The predicted octanol–water partition coefficient (Wildman–Crippen LogP) is 3.62. The average molecular weight is 377 g/mol. The first-order valence-electron chi connectivity index (χ1n) is 7.38. The molecule has 0 heterocycles. The van der Waals surface area contributed by atoms with E-state index in [9.17, 15) is 8.42 Å². The summed E-state index contributed by atoms with van der Waals surface area (Å²) in [4.78, 5) is 0.200. The van der Waals surface area contributed by atoms with Gasteiger partial charge in [0.1, 0.15) is 0 Å². The van der Waals surface area contributed by atoms with Crippen molar-refractivity contribution >= 4 is 44.8 Å². The SMILES string of the molecule is Cl.NCCCCCCc1ccc2c(Cl)cccc2c1S(N)(=O)=O. The summed E-state index contributed by atoms with van der Waals surface area (Å²) in [5.74, 6) is 0. The molecule has 0 spiro atoms. The van der Waals surface area contributed by atoms with Gasteiger partial charge in [-0.25, -0.2) is 13.6 Å². The first-order valence-corrected chi connectivity index (χ1v) is 9.30. The van der Waals surface area contributed by atoms with E-state index >= 15 is 0 Å². The number of hydrogen-bond acceptors (Lipinski definition) is 3. The van der Waals surface area contributed by atoms with Gasteiger partial charge in [0.2, 0.25) is 10.0 Å². The van der Waals surface area contributed by atoms with Crippen LogP contribution in [0.4, 0.5) is 0 Å². The van der Waals surface area contributed by atoms with E-state index in [-0.39, 0.29) is 17.3 Å². The summed E-state index contributed by atoms with van der Waals surface area (Å²) >= 11 is 6.15. The molecule has 7 heteroatoms. The number of aryl methyl sites for hydroxylation is 1. The van der Waals surface area contributed by atoms with E-state index in [4.69, 9.17) is 22.5 Å². The van der Waals surface area contributed by atoms with Crippen molar-refractivity contribution in [3.63, 3.8) is 0 Å². The lowest BCUT2D eigenvalue weighted by atomic mass is 10.0. The molecule has 2 aromatic carbocycles. The quantitative estimate of drug-likeness (QED) is 0.723. The lowest BCUT2D eigenvalue weighted by Crippen LogP contribution is -2.15. The van der Waals surface area contributed by atoms with Gasteiger partial charge >= 0.3 is 0 Å².